The van der Waals surface area contributed by atoms with E-state index in [2.05, 4.69) is 20.8 Å². The van der Waals surface area contributed by atoms with E-state index in [-0.39, 0.29) is 0 Å². The minimum atomic E-state index is 0.618. The highest BCUT2D eigenvalue weighted by Gasteiger charge is 2.40. The largest absolute Gasteiger partial charge is 0.378 e. The predicted molar refractivity (Wildman–Crippen MR) is 68.9 cm³/mol. The summed E-state index contributed by atoms with van der Waals surface area (Å²) in [5.74, 6) is 3.14. The second-order valence-corrected chi connectivity index (χ2v) is 6.46. The molecule has 0 amide bonds. The minimum Gasteiger partial charge on any atom is -0.378 e. The fourth-order valence-electron chi connectivity index (χ4n) is 3.97. The highest BCUT2D eigenvalue weighted by Crippen LogP contribution is 2.48. The molecule has 1 heterocycles. The molecule has 1 aliphatic heterocycles. The molecular formula is C13H22BrNO. The number of hydrogen-bond donors (Lipinski definition) is 0. The highest BCUT2D eigenvalue weighted by molar-refractivity contribution is 9.09. The lowest BCUT2D eigenvalue weighted by atomic mass is 9.88. The van der Waals surface area contributed by atoms with E-state index < -0.39 is 0 Å². The van der Waals surface area contributed by atoms with Gasteiger partial charge in [-0.25, -0.2) is 0 Å². The SMILES string of the molecule is BrCC1COCCN1CC1CC2CCC1C2. The summed E-state index contributed by atoms with van der Waals surface area (Å²) in [6.07, 6.45) is 6.08. The van der Waals surface area contributed by atoms with E-state index >= 15 is 0 Å². The Kier molecular flexibility index (Phi) is 3.55. The van der Waals surface area contributed by atoms with Crippen LogP contribution in [0.3, 0.4) is 0 Å². The average Bonchev–Trinajstić information content (AvgIpc) is 2.92. The predicted octanol–water partition coefficient (Wildman–Crippen LogP) is 2.52. The van der Waals surface area contributed by atoms with Crippen LogP contribution in [-0.4, -0.2) is 42.6 Å². The second-order valence-electron chi connectivity index (χ2n) is 5.81. The lowest BCUT2D eigenvalue weighted by molar-refractivity contribution is -0.00884. The average molecular weight is 288 g/mol. The standard InChI is InChI=1S/C13H22BrNO/c14-7-13-9-16-4-3-15(13)8-12-6-10-1-2-11(12)5-10/h10-13H,1-9H2. The minimum absolute atomic E-state index is 0.618. The fraction of sp³-hybridized carbons (Fsp3) is 1.00. The Morgan fingerprint density at radius 2 is 2.19 bits per heavy atom. The van der Waals surface area contributed by atoms with Crippen molar-refractivity contribution >= 4 is 15.9 Å². The Hall–Kier alpha value is 0.400. The zero-order valence-corrected chi connectivity index (χ0v) is 11.5. The van der Waals surface area contributed by atoms with Crippen molar-refractivity contribution in [3.8, 4) is 0 Å². The van der Waals surface area contributed by atoms with Crippen molar-refractivity contribution in [2.75, 3.05) is 31.6 Å². The number of hydrogen-bond acceptors (Lipinski definition) is 2. The Labute approximate surface area is 107 Å². The van der Waals surface area contributed by atoms with Crippen molar-refractivity contribution in [3.63, 3.8) is 0 Å². The molecule has 0 N–H and O–H groups in total. The van der Waals surface area contributed by atoms with Gasteiger partial charge in [-0.2, -0.15) is 0 Å². The monoisotopic (exact) mass is 287 g/mol. The fourth-order valence-corrected chi connectivity index (χ4v) is 4.57. The molecule has 92 valence electrons. The summed E-state index contributed by atoms with van der Waals surface area (Å²) in [5.41, 5.74) is 0. The molecule has 0 radical (unpaired) electrons. The van der Waals surface area contributed by atoms with Crippen molar-refractivity contribution in [2.45, 2.75) is 31.7 Å². The van der Waals surface area contributed by atoms with Crippen molar-refractivity contribution < 1.29 is 4.74 Å². The molecule has 4 unspecified atom stereocenters. The topological polar surface area (TPSA) is 12.5 Å². The normalized spacial score (nSPS) is 44.1. The van der Waals surface area contributed by atoms with E-state index in [0.717, 1.165) is 42.8 Å². The first-order valence-corrected chi connectivity index (χ1v) is 7.86. The number of nitrogens with zero attached hydrogens (tertiary/aromatic N) is 1. The van der Waals surface area contributed by atoms with E-state index in [1.807, 2.05) is 0 Å². The molecule has 2 saturated carbocycles. The lowest BCUT2D eigenvalue weighted by Crippen LogP contribution is -2.48. The van der Waals surface area contributed by atoms with E-state index in [1.165, 1.54) is 32.2 Å². The number of rotatable bonds is 3. The third-order valence-corrected chi connectivity index (χ3v) is 5.63. The smallest absolute Gasteiger partial charge is 0.0630 e. The summed E-state index contributed by atoms with van der Waals surface area (Å²) < 4.78 is 5.56. The summed E-state index contributed by atoms with van der Waals surface area (Å²) in [4.78, 5) is 2.67. The molecule has 16 heavy (non-hydrogen) atoms. The first-order valence-electron chi connectivity index (χ1n) is 6.74. The molecule has 0 aromatic heterocycles. The molecule has 2 nitrogen and oxygen atoms in total. The Morgan fingerprint density at radius 3 is 2.88 bits per heavy atom. The zero-order chi connectivity index (χ0) is 11.0. The summed E-state index contributed by atoms with van der Waals surface area (Å²) in [7, 11) is 0. The number of halogens is 1. The van der Waals surface area contributed by atoms with Gasteiger partial charge >= 0.3 is 0 Å². The van der Waals surface area contributed by atoms with Gasteiger partial charge in [-0.05, 0) is 37.0 Å². The molecule has 3 aliphatic rings. The van der Waals surface area contributed by atoms with Crippen LogP contribution >= 0.6 is 15.9 Å². The third-order valence-electron chi connectivity index (χ3n) is 4.88. The van der Waals surface area contributed by atoms with Gasteiger partial charge in [-0.1, -0.05) is 22.4 Å². The molecule has 0 spiro atoms. The lowest BCUT2D eigenvalue weighted by Gasteiger charge is -2.38. The third kappa shape index (κ3) is 2.19. The van der Waals surface area contributed by atoms with Crippen molar-refractivity contribution in [2.24, 2.45) is 17.8 Å². The van der Waals surface area contributed by atoms with Gasteiger partial charge in [-0.15, -0.1) is 0 Å². The zero-order valence-electron chi connectivity index (χ0n) is 9.91. The quantitative estimate of drug-likeness (QED) is 0.740. The van der Waals surface area contributed by atoms with E-state index in [9.17, 15) is 0 Å². The first kappa shape index (κ1) is 11.5. The maximum Gasteiger partial charge on any atom is 0.0630 e. The van der Waals surface area contributed by atoms with Crippen LogP contribution in [0.25, 0.3) is 0 Å². The van der Waals surface area contributed by atoms with Gasteiger partial charge < -0.3 is 4.74 Å². The van der Waals surface area contributed by atoms with Crippen molar-refractivity contribution in [1.82, 2.24) is 4.90 Å². The van der Waals surface area contributed by atoms with Crippen LogP contribution in [0.2, 0.25) is 0 Å². The van der Waals surface area contributed by atoms with Crippen LogP contribution in [0.4, 0.5) is 0 Å². The van der Waals surface area contributed by atoms with Gasteiger partial charge in [0.15, 0.2) is 0 Å². The van der Waals surface area contributed by atoms with E-state index in [0.29, 0.717) is 6.04 Å². The molecule has 2 bridgehead atoms. The number of alkyl halides is 1. The van der Waals surface area contributed by atoms with Crippen LogP contribution in [0, 0.1) is 17.8 Å². The van der Waals surface area contributed by atoms with Gasteiger partial charge in [0, 0.05) is 24.5 Å². The first-order chi connectivity index (χ1) is 7.86. The molecule has 0 aromatic carbocycles. The van der Waals surface area contributed by atoms with Crippen LogP contribution < -0.4 is 0 Å². The molecule has 3 heteroatoms. The van der Waals surface area contributed by atoms with Crippen LogP contribution in [-0.2, 0) is 4.74 Å². The van der Waals surface area contributed by atoms with E-state index in [1.54, 1.807) is 0 Å². The molecular weight excluding hydrogens is 266 g/mol. The highest BCUT2D eigenvalue weighted by atomic mass is 79.9. The summed E-state index contributed by atoms with van der Waals surface area (Å²) in [6, 6.07) is 0.618. The molecule has 3 rings (SSSR count). The van der Waals surface area contributed by atoms with Gasteiger partial charge in [0.2, 0.25) is 0 Å². The molecule has 4 atom stereocenters. The Bertz CT molecular complexity index is 248. The molecule has 2 aliphatic carbocycles. The molecule has 3 fully saturated rings. The maximum absolute atomic E-state index is 5.56. The van der Waals surface area contributed by atoms with Gasteiger partial charge in [0.05, 0.1) is 13.2 Å². The van der Waals surface area contributed by atoms with Crippen molar-refractivity contribution in [3.05, 3.63) is 0 Å². The number of morpholine rings is 1. The van der Waals surface area contributed by atoms with E-state index in [4.69, 9.17) is 4.74 Å². The summed E-state index contributed by atoms with van der Waals surface area (Å²) in [5, 5.41) is 1.06. The summed E-state index contributed by atoms with van der Waals surface area (Å²) in [6.45, 7) is 4.33. The van der Waals surface area contributed by atoms with Gasteiger partial charge in [-0.3, -0.25) is 4.90 Å². The van der Waals surface area contributed by atoms with Crippen LogP contribution in [0.5, 0.6) is 0 Å². The maximum atomic E-state index is 5.56. The van der Waals surface area contributed by atoms with Gasteiger partial charge in [0.1, 0.15) is 0 Å². The van der Waals surface area contributed by atoms with Crippen molar-refractivity contribution in [1.29, 1.82) is 0 Å². The number of fused-ring (bicyclic) bond motifs is 2. The van der Waals surface area contributed by atoms with Gasteiger partial charge in [0.25, 0.3) is 0 Å². The summed E-state index contributed by atoms with van der Waals surface area (Å²) >= 11 is 3.62. The molecule has 0 aromatic rings. The number of ether oxygens (including phenoxy) is 1. The molecule has 1 saturated heterocycles. The Morgan fingerprint density at radius 1 is 1.25 bits per heavy atom. The second kappa shape index (κ2) is 4.95. The van der Waals surface area contributed by atoms with Crippen LogP contribution in [0.15, 0.2) is 0 Å². The van der Waals surface area contributed by atoms with Crippen LogP contribution in [0.1, 0.15) is 25.7 Å². The Balaban J connectivity index is 1.56.